The van der Waals surface area contributed by atoms with Gasteiger partial charge in [-0.15, -0.1) is 0 Å². The number of hydrogen-bond donors (Lipinski definition) is 4. The number of fused-ring (bicyclic) bond motifs is 2. The van der Waals surface area contributed by atoms with Gasteiger partial charge >= 0.3 is 23.9 Å². The van der Waals surface area contributed by atoms with Gasteiger partial charge in [0.15, 0.2) is 0 Å². The van der Waals surface area contributed by atoms with Gasteiger partial charge in [-0.3, -0.25) is 0 Å². The molecule has 0 aromatic heterocycles. The molecular formula is C18H10O8. The molecule has 26 heavy (non-hydrogen) atoms. The summed E-state index contributed by atoms with van der Waals surface area (Å²) in [6.45, 7) is 0. The van der Waals surface area contributed by atoms with E-state index >= 15 is 0 Å². The van der Waals surface area contributed by atoms with E-state index in [2.05, 4.69) is 0 Å². The highest BCUT2D eigenvalue weighted by molar-refractivity contribution is 6.29. The highest BCUT2D eigenvalue weighted by atomic mass is 16.4. The van der Waals surface area contributed by atoms with Crippen LogP contribution in [0.3, 0.4) is 0 Å². The van der Waals surface area contributed by atoms with E-state index in [0.717, 1.165) is 12.1 Å². The third kappa shape index (κ3) is 2.32. The number of carboxylic acids is 4. The second kappa shape index (κ2) is 5.85. The quantitative estimate of drug-likeness (QED) is 0.522. The first-order valence-corrected chi connectivity index (χ1v) is 7.20. The second-order valence-electron chi connectivity index (χ2n) is 5.43. The van der Waals surface area contributed by atoms with E-state index in [0.29, 0.717) is 0 Å². The van der Waals surface area contributed by atoms with Crippen molar-refractivity contribution in [3.8, 4) is 0 Å². The summed E-state index contributed by atoms with van der Waals surface area (Å²) in [5.74, 6) is -5.98. The van der Waals surface area contributed by atoms with Crippen molar-refractivity contribution in [1.29, 1.82) is 0 Å². The van der Waals surface area contributed by atoms with E-state index in [1.165, 1.54) is 24.3 Å². The highest BCUT2D eigenvalue weighted by Crippen LogP contribution is 2.37. The van der Waals surface area contributed by atoms with Crippen LogP contribution < -0.4 is 0 Å². The van der Waals surface area contributed by atoms with E-state index in [1.807, 2.05) is 0 Å². The Hall–Kier alpha value is -3.94. The van der Waals surface area contributed by atoms with Crippen molar-refractivity contribution in [3.63, 3.8) is 0 Å². The first-order chi connectivity index (χ1) is 12.3. The van der Waals surface area contributed by atoms with Gasteiger partial charge in [0.2, 0.25) is 0 Å². The molecule has 0 aliphatic rings. The molecule has 3 aromatic carbocycles. The molecule has 130 valence electrons. The van der Waals surface area contributed by atoms with Crippen LogP contribution in [0, 0.1) is 0 Å². The smallest absolute Gasteiger partial charge is 0.336 e. The van der Waals surface area contributed by atoms with Crippen molar-refractivity contribution in [3.05, 3.63) is 58.7 Å². The lowest BCUT2D eigenvalue weighted by Gasteiger charge is -2.15. The van der Waals surface area contributed by atoms with E-state index in [4.69, 9.17) is 0 Å². The van der Waals surface area contributed by atoms with Crippen LogP contribution in [0.4, 0.5) is 0 Å². The van der Waals surface area contributed by atoms with Crippen molar-refractivity contribution >= 4 is 45.4 Å². The van der Waals surface area contributed by atoms with Gasteiger partial charge in [0.05, 0.1) is 22.3 Å². The summed E-state index contributed by atoms with van der Waals surface area (Å²) in [7, 11) is 0. The Balaban J connectivity index is 2.84. The Morgan fingerprint density at radius 2 is 0.885 bits per heavy atom. The molecule has 0 saturated carbocycles. The van der Waals surface area contributed by atoms with Gasteiger partial charge in [-0.1, -0.05) is 24.3 Å². The predicted octanol–water partition coefficient (Wildman–Crippen LogP) is 2.79. The van der Waals surface area contributed by atoms with Crippen LogP contribution >= 0.6 is 0 Å². The number of aromatic carboxylic acids is 4. The molecule has 0 unspecified atom stereocenters. The Morgan fingerprint density at radius 1 is 0.538 bits per heavy atom. The average molecular weight is 354 g/mol. The molecule has 0 bridgehead atoms. The maximum atomic E-state index is 11.9. The molecule has 0 aliphatic carbocycles. The lowest BCUT2D eigenvalue weighted by molar-refractivity contribution is 0.0677. The molecule has 3 aromatic rings. The molecule has 8 nitrogen and oxygen atoms in total. The van der Waals surface area contributed by atoms with Gasteiger partial charge in [-0.25, -0.2) is 19.2 Å². The minimum Gasteiger partial charge on any atom is -0.478 e. The Bertz CT molecular complexity index is 1050. The van der Waals surface area contributed by atoms with Gasteiger partial charge in [-0.05, 0) is 22.9 Å². The summed E-state index contributed by atoms with van der Waals surface area (Å²) in [4.78, 5) is 47.0. The van der Waals surface area contributed by atoms with Crippen molar-refractivity contribution in [2.75, 3.05) is 0 Å². The summed E-state index contributed by atoms with van der Waals surface area (Å²) in [5, 5.41) is 37.3. The van der Waals surface area contributed by atoms with Crippen molar-refractivity contribution in [1.82, 2.24) is 0 Å². The van der Waals surface area contributed by atoms with Crippen LogP contribution in [0.2, 0.25) is 0 Å². The van der Waals surface area contributed by atoms with Crippen molar-refractivity contribution in [2.45, 2.75) is 0 Å². The van der Waals surface area contributed by atoms with Gasteiger partial charge in [0.25, 0.3) is 0 Å². The molecule has 0 aliphatic heterocycles. The molecule has 4 N–H and O–H groups in total. The molecule has 0 fully saturated rings. The number of carbonyl (C=O) groups is 4. The van der Waals surface area contributed by atoms with Crippen LogP contribution in [0.1, 0.15) is 41.4 Å². The maximum Gasteiger partial charge on any atom is 0.336 e. The first kappa shape index (κ1) is 16.9. The predicted molar refractivity (Wildman–Crippen MR) is 89.3 cm³/mol. The van der Waals surface area contributed by atoms with Crippen LogP contribution in [0.5, 0.6) is 0 Å². The molecule has 8 heteroatoms. The largest absolute Gasteiger partial charge is 0.478 e. The zero-order valence-electron chi connectivity index (χ0n) is 12.9. The van der Waals surface area contributed by atoms with Gasteiger partial charge < -0.3 is 20.4 Å². The third-order valence-electron chi connectivity index (χ3n) is 4.06. The van der Waals surface area contributed by atoms with Crippen LogP contribution in [-0.2, 0) is 0 Å². The van der Waals surface area contributed by atoms with E-state index in [9.17, 15) is 39.6 Å². The molecule has 0 heterocycles. The zero-order valence-corrected chi connectivity index (χ0v) is 12.9. The van der Waals surface area contributed by atoms with E-state index in [1.54, 1.807) is 0 Å². The highest BCUT2D eigenvalue weighted by Gasteiger charge is 2.28. The minimum atomic E-state index is -1.50. The van der Waals surface area contributed by atoms with Crippen LogP contribution in [-0.4, -0.2) is 44.3 Å². The molecule has 0 atom stereocenters. The molecule has 3 rings (SSSR count). The Morgan fingerprint density at radius 3 is 1.15 bits per heavy atom. The Kier molecular flexibility index (Phi) is 3.80. The lowest BCUT2D eigenvalue weighted by Crippen LogP contribution is -2.12. The summed E-state index contributed by atoms with van der Waals surface area (Å²) in [5.41, 5.74) is -1.89. The van der Waals surface area contributed by atoms with Gasteiger partial charge in [0, 0.05) is 10.8 Å². The SMILES string of the molecule is O=C(O)c1ccc(C(=O)O)c2c(C(=O)O)c3ccccc3c(C(=O)O)c12. The van der Waals surface area contributed by atoms with Crippen molar-refractivity contribution in [2.24, 2.45) is 0 Å². The summed E-state index contributed by atoms with van der Waals surface area (Å²) in [6.07, 6.45) is 0. The monoisotopic (exact) mass is 354 g/mol. The standard InChI is InChI=1S/C18H10O8/c19-15(20)9-5-6-10(16(21)22)12-11(9)13(17(23)24)7-3-1-2-4-8(7)14(12)18(25)26/h1-6H,(H,19,20)(H,21,22)(H,23,24)(H,25,26). The number of carboxylic acid groups (broad SMARTS) is 4. The summed E-state index contributed by atoms with van der Waals surface area (Å²) >= 11 is 0. The normalized spacial score (nSPS) is 10.8. The molecule has 0 radical (unpaired) electrons. The number of hydrogen-bond acceptors (Lipinski definition) is 4. The fourth-order valence-electron chi connectivity index (χ4n) is 3.11. The number of rotatable bonds is 4. The number of benzene rings is 3. The first-order valence-electron chi connectivity index (χ1n) is 7.20. The van der Waals surface area contributed by atoms with Gasteiger partial charge in [-0.2, -0.15) is 0 Å². The minimum absolute atomic E-state index is 0.00920. The third-order valence-corrected chi connectivity index (χ3v) is 4.06. The average Bonchev–Trinajstić information content (AvgIpc) is 2.57. The van der Waals surface area contributed by atoms with Crippen LogP contribution in [0.15, 0.2) is 36.4 Å². The molecule has 0 saturated heterocycles. The summed E-state index contributed by atoms with van der Waals surface area (Å²) in [6, 6.07) is 7.58. The zero-order chi connectivity index (χ0) is 19.2. The van der Waals surface area contributed by atoms with Crippen LogP contribution in [0.25, 0.3) is 21.5 Å². The molecular weight excluding hydrogens is 344 g/mol. The lowest BCUT2D eigenvalue weighted by atomic mass is 9.86. The fraction of sp³-hybridized carbons (Fsp3) is 0. The molecule has 0 spiro atoms. The topological polar surface area (TPSA) is 149 Å². The summed E-state index contributed by atoms with van der Waals surface area (Å²) < 4.78 is 0. The maximum absolute atomic E-state index is 11.9. The fourth-order valence-corrected chi connectivity index (χ4v) is 3.11. The van der Waals surface area contributed by atoms with E-state index in [-0.39, 0.29) is 10.8 Å². The molecule has 0 amide bonds. The van der Waals surface area contributed by atoms with E-state index < -0.39 is 56.9 Å². The van der Waals surface area contributed by atoms with Gasteiger partial charge in [0.1, 0.15) is 0 Å². The Labute approximate surface area is 144 Å². The van der Waals surface area contributed by atoms with Crippen molar-refractivity contribution < 1.29 is 39.6 Å². The second-order valence-corrected chi connectivity index (χ2v) is 5.43.